The van der Waals surface area contributed by atoms with Crippen LogP contribution in [-0.2, 0) is 9.47 Å². The minimum atomic E-state index is -0.799. The summed E-state index contributed by atoms with van der Waals surface area (Å²) < 4.78 is 8.64. The Kier molecular flexibility index (Phi) is 1.93. The van der Waals surface area contributed by atoms with Crippen molar-refractivity contribution in [2.75, 3.05) is 13.5 Å². The van der Waals surface area contributed by atoms with Crippen LogP contribution < -0.4 is 10.6 Å². The summed E-state index contributed by atoms with van der Waals surface area (Å²) in [4.78, 5) is 20.8. The van der Waals surface area contributed by atoms with Gasteiger partial charge in [-0.15, -0.1) is 0 Å². The molecule has 1 aliphatic heterocycles. The van der Waals surface area contributed by atoms with Crippen LogP contribution in [0.15, 0.2) is 0 Å². The van der Waals surface area contributed by atoms with Gasteiger partial charge in [-0.1, -0.05) is 0 Å². The van der Waals surface area contributed by atoms with Gasteiger partial charge in [0.25, 0.3) is 0 Å². The summed E-state index contributed by atoms with van der Waals surface area (Å²) in [7, 11) is 0. The smallest absolute Gasteiger partial charge is 0.413 e. The lowest BCUT2D eigenvalue weighted by Gasteiger charge is -2.12. The predicted octanol–water partition coefficient (Wildman–Crippen LogP) is -0.633. The summed E-state index contributed by atoms with van der Waals surface area (Å²) in [5, 5.41) is 4.48. The molecule has 1 saturated heterocycles. The number of urea groups is 1. The van der Waals surface area contributed by atoms with Crippen LogP contribution in [0.3, 0.4) is 0 Å². The zero-order valence-corrected chi connectivity index (χ0v) is 5.05. The van der Waals surface area contributed by atoms with Crippen LogP contribution in [0.5, 0.6) is 0 Å². The zero-order chi connectivity index (χ0) is 7.40. The van der Waals surface area contributed by atoms with Crippen molar-refractivity contribution in [2.24, 2.45) is 0 Å². The van der Waals surface area contributed by atoms with Gasteiger partial charge in [0.2, 0.25) is 0 Å². The van der Waals surface area contributed by atoms with Gasteiger partial charge in [0.15, 0.2) is 13.5 Å². The Hall–Kier alpha value is -1.46. The third kappa shape index (κ3) is 1.81. The van der Waals surface area contributed by atoms with Crippen molar-refractivity contribution in [3.63, 3.8) is 0 Å². The summed E-state index contributed by atoms with van der Waals surface area (Å²) >= 11 is 0. The average molecular weight is 146 g/mol. The van der Waals surface area contributed by atoms with E-state index in [0.717, 1.165) is 0 Å². The second-order valence-corrected chi connectivity index (χ2v) is 1.51. The highest BCUT2D eigenvalue weighted by atomic mass is 16.7. The van der Waals surface area contributed by atoms with Crippen molar-refractivity contribution in [1.82, 2.24) is 10.6 Å². The lowest BCUT2D eigenvalue weighted by atomic mass is 10.9. The Morgan fingerprint density at radius 1 is 1.10 bits per heavy atom. The molecule has 10 heavy (non-hydrogen) atoms. The summed E-state index contributed by atoms with van der Waals surface area (Å²) in [6, 6.07) is -0.424. The van der Waals surface area contributed by atoms with E-state index in [1.807, 2.05) is 0 Å². The van der Waals surface area contributed by atoms with E-state index < -0.39 is 12.2 Å². The second kappa shape index (κ2) is 2.90. The lowest BCUT2D eigenvalue weighted by molar-refractivity contribution is 0.0405. The molecule has 0 bridgehead atoms. The fourth-order valence-corrected chi connectivity index (χ4v) is 0.425. The third-order valence-corrected chi connectivity index (χ3v) is 0.845. The van der Waals surface area contributed by atoms with Crippen molar-refractivity contribution in [3.8, 4) is 0 Å². The first kappa shape index (κ1) is 6.66. The summed E-state index contributed by atoms with van der Waals surface area (Å²) in [5.74, 6) is 0. The number of hydrogen-bond acceptors (Lipinski definition) is 4. The van der Waals surface area contributed by atoms with Crippen molar-refractivity contribution < 1.29 is 19.1 Å². The summed E-state index contributed by atoms with van der Waals surface area (Å²) in [6.45, 7) is -0.324. The van der Waals surface area contributed by atoms with Crippen molar-refractivity contribution in [3.05, 3.63) is 0 Å². The maximum atomic E-state index is 10.4. The van der Waals surface area contributed by atoms with Crippen LogP contribution in [0.25, 0.3) is 0 Å². The molecule has 0 unspecified atom stereocenters. The number of ether oxygens (including phenoxy) is 2. The number of amides is 2. The number of nitrogens with one attached hydrogen (secondary N) is 2. The molecule has 56 valence electrons. The van der Waals surface area contributed by atoms with Gasteiger partial charge in [-0.3, -0.25) is 0 Å². The Labute approximate surface area is 56.5 Å². The molecule has 1 rings (SSSR count). The van der Waals surface area contributed by atoms with Crippen LogP contribution >= 0.6 is 0 Å². The topological polar surface area (TPSA) is 76.7 Å². The normalized spacial score (nSPS) is 18.8. The molecule has 2 N–H and O–H groups in total. The van der Waals surface area contributed by atoms with Gasteiger partial charge in [-0.05, 0) is 0 Å². The van der Waals surface area contributed by atoms with Gasteiger partial charge < -0.3 is 20.1 Å². The van der Waals surface area contributed by atoms with E-state index in [9.17, 15) is 9.59 Å². The molecule has 1 heterocycles. The number of cyclic esters (lactones) is 2. The quantitative estimate of drug-likeness (QED) is 0.446. The maximum Gasteiger partial charge on any atom is 0.511 e. The largest absolute Gasteiger partial charge is 0.511 e. The zero-order valence-electron chi connectivity index (χ0n) is 5.05. The molecule has 0 radical (unpaired) electrons. The molecular formula is C4H6N2O4. The molecule has 0 aromatic heterocycles. The van der Waals surface area contributed by atoms with Gasteiger partial charge in [0.05, 0.1) is 0 Å². The van der Waals surface area contributed by atoms with Crippen LogP contribution in [0.2, 0.25) is 0 Å². The molecule has 0 aliphatic carbocycles. The Balaban J connectivity index is 2.34. The van der Waals surface area contributed by atoms with Crippen LogP contribution in [0.4, 0.5) is 9.59 Å². The van der Waals surface area contributed by atoms with E-state index in [2.05, 4.69) is 20.1 Å². The van der Waals surface area contributed by atoms with Gasteiger partial charge >= 0.3 is 12.2 Å². The van der Waals surface area contributed by atoms with Gasteiger partial charge in [0.1, 0.15) is 0 Å². The predicted molar refractivity (Wildman–Crippen MR) is 29.0 cm³/mol. The third-order valence-electron chi connectivity index (χ3n) is 0.845. The Morgan fingerprint density at radius 3 is 2.10 bits per heavy atom. The lowest BCUT2D eigenvalue weighted by Crippen LogP contribution is -2.41. The summed E-state index contributed by atoms with van der Waals surface area (Å²) in [5.41, 5.74) is 0. The standard InChI is InChI=1S/C4H6N2O4/c7-3-5-1-9-4(8)10-2-6-3/h1-2H2,(H2,5,6,7). The molecule has 0 aromatic carbocycles. The first-order valence-electron chi connectivity index (χ1n) is 2.60. The Bertz CT molecular complexity index is 127. The number of rotatable bonds is 0. The molecule has 1 fully saturated rings. The Morgan fingerprint density at radius 2 is 1.60 bits per heavy atom. The van der Waals surface area contributed by atoms with Crippen molar-refractivity contribution in [2.45, 2.75) is 0 Å². The first-order chi connectivity index (χ1) is 4.79. The van der Waals surface area contributed by atoms with E-state index >= 15 is 0 Å². The minimum absolute atomic E-state index is 0.162. The minimum Gasteiger partial charge on any atom is -0.413 e. The molecule has 2 amide bonds. The molecule has 0 spiro atoms. The van der Waals surface area contributed by atoms with E-state index in [-0.39, 0.29) is 13.5 Å². The van der Waals surface area contributed by atoms with Crippen LogP contribution in [0.1, 0.15) is 0 Å². The van der Waals surface area contributed by atoms with Crippen LogP contribution in [0, 0.1) is 0 Å². The van der Waals surface area contributed by atoms with E-state index in [1.165, 1.54) is 0 Å². The van der Waals surface area contributed by atoms with Crippen LogP contribution in [-0.4, -0.2) is 25.6 Å². The maximum absolute atomic E-state index is 10.4. The molecule has 0 atom stereocenters. The SMILES string of the molecule is O=C1NCOC(=O)OCN1. The molecule has 6 heteroatoms. The number of hydrogen-bond donors (Lipinski definition) is 2. The number of carbonyl (C=O) groups excluding carboxylic acids is 2. The molecule has 0 aromatic rings. The summed E-state index contributed by atoms with van der Waals surface area (Å²) in [6.07, 6.45) is -0.799. The van der Waals surface area contributed by atoms with E-state index in [1.54, 1.807) is 0 Å². The highest BCUT2D eigenvalue weighted by Gasteiger charge is 2.08. The average Bonchev–Trinajstić information content (AvgIpc) is 1.84. The molecule has 0 saturated carbocycles. The fourth-order valence-electron chi connectivity index (χ4n) is 0.425. The highest BCUT2D eigenvalue weighted by molar-refractivity contribution is 5.74. The monoisotopic (exact) mass is 146 g/mol. The van der Waals surface area contributed by atoms with E-state index in [0.29, 0.717) is 0 Å². The van der Waals surface area contributed by atoms with Crippen molar-refractivity contribution in [1.29, 1.82) is 0 Å². The first-order valence-corrected chi connectivity index (χ1v) is 2.60. The van der Waals surface area contributed by atoms with E-state index in [4.69, 9.17) is 0 Å². The van der Waals surface area contributed by atoms with Gasteiger partial charge in [-0.25, -0.2) is 9.59 Å². The van der Waals surface area contributed by atoms with Gasteiger partial charge in [0, 0.05) is 0 Å². The fraction of sp³-hybridized carbons (Fsp3) is 0.500. The second-order valence-electron chi connectivity index (χ2n) is 1.51. The molecule has 1 aliphatic rings. The highest BCUT2D eigenvalue weighted by Crippen LogP contribution is 1.84. The molecule has 6 nitrogen and oxygen atoms in total. The molecular weight excluding hydrogens is 140 g/mol. The van der Waals surface area contributed by atoms with Gasteiger partial charge in [-0.2, -0.15) is 0 Å². The van der Waals surface area contributed by atoms with Crippen molar-refractivity contribution >= 4 is 12.2 Å². The number of carbonyl (C=O) groups is 2.